The molecule has 52 valence electrons. The van der Waals surface area contributed by atoms with Gasteiger partial charge in [0.15, 0.2) is 0 Å². The van der Waals surface area contributed by atoms with Crippen molar-refractivity contribution in [2.45, 2.75) is 30.8 Å². The van der Waals surface area contributed by atoms with Gasteiger partial charge >= 0.3 is 0 Å². The van der Waals surface area contributed by atoms with Crippen LogP contribution in [-0.4, -0.2) is 16.6 Å². The molecule has 3 heteroatoms. The van der Waals surface area contributed by atoms with Gasteiger partial charge in [-0.15, -0.1) is 0 Å². The summed E-state index contributed by atoms with van der Waals surface area (Å²) in [5.41, 5.74) is -0.955. The third kappa shape index (κ3) is 0.674. The molecule has 1 unspecified atom stereocenters. The summed E-state index contributed by atoms with van der Waals surface area (Å²) in [4.78, 5) is 0. The van der Waals surface area contributed by atoms with Gasteiger partial charge in [0.05, 0.1) is 11.5 Å². The van der Waals surface area contributed by atoms with Gasteiger partial charge in [-0.25, -0.2) is 8.78 Å². The lowest BCUT2D eigenvalue weighted by molar-refractivity contribution is 0.0358. The van der Waals surface area contributed by atoms with Crippen LogP contribution in [0.2, 0.25) is 0 Å². The lowest BCUT2D eigenvalue weighted by Crippen LogP contribution is -2.14. The summed E-state index contributed by atoms with van der Waals surface area (Å²) in [6.45, 7) is 0. The zero-order valence-corrected chi connectivity index (χ0v) is 4.90. The van der Waals surface area contributed by atoms with E-state index in [2.05, 4.69) is 0 Å². The number of rotatable bonds is 1. The summed E-state index contributed by atoms with van der Waals surface area (Å²) in [5.74, 6) is -3.24. The molecule has 0 saturated heterocycles. The second-order valence-corrected chi connectivity index (χ2v) is 3.12. The van der Waals surface area contributed by atoms with Crippen LogP contribution < -0.4 is 0 Å². The molecule has 2 rings (SSSR count). The summed E-state index contributed by atoms with van der Waals surface area (Å²) in [6, 6.07) is 0. The second kappa shape index (κ2) is 1.15. The first-order valence-electron chi connectivity index (χ1n) is 3.15. The lowest BCUT2D eigenvalue weighted by atomic mass is 10.2. The lowest BCUT2D eigenvalue weighted by Gasteiger charge is -2.02. The van der Waals surface area contributed by atoms with Crippen LogP contribution in [0.1, 0.15) is 19.3 Å². The topological polar surface area (TPSA) is 20.2 Å². The first-order valence-corrected chi connectivity index (χ1v) is 3.15. The first kappa shape index (κ1) is 5.59. The van der Waals surface area contributed by atoms with Crippen molar-refractivity contribution in [3.63, 3.8) is 0 Å². The molecule has 0 aromatic heterocycles. The van der Waals surface area contributed by atoms with E-state index in [9.17, 15) is 8.78 Å². The van der Waals surface area contributed by atoms with Crippen molar-refractivity contribution in [2.75, 3.05) is 0 Å². The molecule has 2 saturated carbocycles. The molecular weight excluding hydrogens is 126 g/mol. The average Bonchev–Trinajstić information content (AvgIpc) is 2.51. The number of hydrogen-bond donors (Lipinski definition) is 1. The number of halogens is 2. The van der Waals surface area contributed by atoms with Crippen molar-refractivity contribution < 1.29 is 13.9 Å². The fourth-order valence-corrected chi connectivity index (χ4v) is 1.27. The summed E-state index contributed by atoms with van der Waals surface area (Å²) in [7, 11) is 0. The maximum absolute atomic E-state index is 12.2. The zero-order chi connectivity index (χ0) is 6.70. The van der Waals surface area contributed by atoms with Gasteiger partial charge in [-0.05, 0) is 12.8 Å². The van der Waals surface area contributed by atoms with Crippen molar-refractivity contribution in [3.8, 4) is 0 Å². The van der Waals surface area contributed by atoms with Gasteiger partial charge in [0, 0.05) is 6.42 Å². The highest BCUT2D eigenvalue weighted by Gasteiger charge is 2.70. The van der Waals surface area contributed by atoms with Crippen molar-refractivity contribution in [1.29, 1.82) is 0 Å². The van der Waals surface area contributed by atoms with Crippen molar-refractivity contribution in [3.05, 3.63) is 0 Å². The molecule has 0 aromatic rings. The van der Waals surface area contributed by atoms with Crippen LogP contribution in [0, 0.1) is 5.92 Å². The highest BCUT2D eigenvalue weighted by molar-refractivity contribution is 5.13. The zero-order valence-electron chi connectivity index (χ0n) is 4.90. The maximum atomic E-state index is 12.2. The van der Waals surface area contributed by atoms with Crippen LogP contribution in [0.5, 0.6) is 0 Å². The van der Waals surface area contributed by atoms with E-state index >= 15 is 0 Å². The molecule has 1 nitrogen and oxygen atoms in total. The molecule has 0 aromatic carbocycles. The number of alkyl halides is 2. The third-order valence-corrected chi connectivity index (χ3v) is 2.24. The molecule has 0 spiro atoms. The minimum Gasteiger partial charge on any atom is -0.389 e. The highest BCUT2D eigenvalue weighted by Crippen LogP contribution is 2.62. The van der Waals surface area contributed by atoms with Gasteiger partial charge in [-0.1, -0.05) is 0 Å². The van der Waals surface area contributed by atoms with Crippen molar-refractivity contribution >= 4 is 0 Å². The molecule has 2 fully saturated rings. The van der Waals surface area contributed by atoms with Gasteiger partial charge in [-0.3, -0.25) is 0 Å². The molecule has 2 aliphatic carbocycles. The molecular formula is C6H8F2O. The van der Waals surface area contributed by atoms with Gasteiger partial charge in [-0.2, -0.15) is 0 Å². The van der Waals surface area contributed by atoms with E-state index in [4.69, 9.17) is 5.11 Å². The monoisotopic (exact) mass is 134 g/mol. The van der Waals surface area contributed by atoms with Crippen molar-refractivity contribution in [1.82, 2.24) is 0 Å². The Hall–Kier alpha value is -0.180. The van der Waals surface area contributed by atoms with E-state index in [-0.39, 0.29) is 6.42 Å². The summed E-state index contributed by atoms with van der Waals surface area (Å²) in [6.07, 6.45) is 1.06. The maximum Gasteiger partial charge on any atom is 0.254 e. The molecule has 1 atom stereocenters. The van der Waals surface area contributed by atoms with Crippen LogP contribution in [-0.2, 0) is 0 Å². The standard InChI is InChI=1S/C6H8F2O/c7-6(8)3-4(6)5(9)1-2-5/h4,9H,1-3H2. The predicted molar refractivity (Wildman–Crippen MR) is 27.2 cm³/mol. The average molecular weight is 134 g/mol. The molecule has 0 heterocycles. The molecule has 0 amide bonds. The molecule has 0 aliphatic heterocycles. The van der Waals surface area contributed by atoms with Gasteiger partial charge < -0.3 is 5.11 Å². The van der Waals surface area contributed by atoms with E-state index in [0.717, 1.165) is 0 Å². The first-order chi connectivity index (χ1) is 4.05. The fraction of sp³-hybridized carbons (Fsp3) is 1.00. The Morgan fingerprint density at radius 1 is 1.33 bits per heavy atom. The van der Waals surface area contributed by atoms with Crippen molar-refractivity contribution in [2.24, 2.45) is 5.92 Å². The Morgan fingerprint density at radius 3 is 1.89 bits per heavy atom. The van der Waals surface area contributed by atoms with Gasteiger partial charge in [0.2, 0.25) is 0 Å². The van der Waals surface area contributed by atoms with Crippen LogP contribution in [0.4, 0.5) is 8.78 Å². The highest BCUT2D eigenvalue weighted by atomic mass is 19.3. The minimum atomic E-state index is -2.54. The van der Waals surface area contributed by atoms with E-state index in [0.29, 0.717) is 12.8 Å². The summed E-state index contributed by atoms with van der Waals surface area (Å²) in [5, 5.41) is 9.12. The van der Waals surface area contributed by atoms with Crippen LogP contribution in [0.25, 0.3) is 0 Å². The largest absolute Gasteiger partial charge is 0.389 e. The molecule has 2 aliphatic rings. The van der Waals surface area contributed by atoms with E-state index in [1.807, 2.05) is 0 Å². The normalized spacial score (nSPS) is 42.3. The SMILES string of the molecule is OC1(C2CC2(F)F)CC1. The fourth-order valence-electron chi connectivity index (χ4n) is 1.27. The minimum absolute atomic E-state index is 0.0938. The molecule has 1 N–H and O–H groups in total. The van der Waals surface area contributed by atoms with Gasteiger partial charge in [0.25, 0.3) is 5.92 Å². The smallest absolute Gasteiger partial charge is 0.254 e. The Kier molecular flexibility index (Phi) is 0.712. The third-order valence-electron chi connectivity index (χ3n) is 2.24. The molecule has 0 bridgehead atoms. The predicted octanol–water partition coefficient (Wildman–Crippen LogP) is 1.17. The van der Waals surface area contributed by atoms with E-state index in [1.54, 1.807) is 0 Å². The quantitative estimate of drug-likeness (QED) is 0.570. The Bertz CT molecular complexity index is 151. The Balaban J connectivity index is 2.05. The van der Waals surface area contributed by atoms with Crippen LogP contribution in [0.15, 0.2) is 0 Å². The number of hydrogen-bond acceptors (Lipinski definition) is 1. The van der Waals surface area contributed by atoms with Gasteiger partial charge in [0.1, 0.15) is 0 Å². The molecule has 0 radical (unpaired) electrons. The van der Waals surface area contributed by atoms with Crippen LogP contribution >= 0.6 is 0 Å². The summed E-state index contributed by atoms with van der Waals surface area (Å²) >= 11 is 0. The second-order valence-electron chi connectivity index (χ2n) is 3.12. The van der Waals surface area contributed by atoms with E-state index in [1.165, 1.54) is 0 Å². The molecule has 9 heavy (non-hydrogen) atoms. The van der Waals surface area contributed by atoms with E-state index < -0.39 is 17.4 Å². The Morgan fingerprint density at radius 2 is 1.78 bits per heavy atom. The Labute approximate surface area is 51.7 Å². The number of aliphatic hydroxyl groups is 1. The summed E-state index contributed by atoms with van der Waals surface area (Å²) < 4.78 is 24.3. The van der Waals surface area contributed by atoms with Crippen LogP contribution in [0.3, 0.4) is 0 Å².